The minimum absolute atomic E-state index is 0.0100. The highest BCUT2D eigenvalue weighted by Crippen LogP contribution is 2.43. The van der Waals surface area contributed by atoms with Crippen LogP contribution >= 0.6 is 0 Å². The fourth-order valence-corrected chi connectivity index (χ4v) is 3.57. The van der Waals surface area contributed by atoms with Crippen molar-refractivity contribution in [3.8, 4) is 0 Å². The molecule has 0 bridgehead atoms. The molecule has 1 aliphatic heterocycles. The average molecular weight is 445 g/mol. The zero-order valence-electron chi connectivity index (χ0n) is 16.5. The largest absolute Gasteiger partial charge is 0.507 e. The van der Waals surface area contributed by atoms with E-state index in [-0.39, 0.29) is 28.1 Å². The van der Waals surface area contributed by atoms with Gasteiger partial charge < -0.3 is 9.52 Å². The van der Waals surface area contributed by atoms with E-state index in [0.717, 1.165) is 35.2 Å². The Hall–Kier alpha value is -3.88. The molecule has 1 unspecified atom stereocenters. The van der Waals surface area contributed by atoms with Crippen molar-refractivity contribution in [3.63, 3.8) is 0 Å². The first kappa shape index (κ1) is 21.4. The van der Waals surface area contributed by atoms with Crippen LogP contribution in [-0.4, -0.2) is 16.8 Å². The highest BCUT2D eigenvalue weighted by molar-refractivity contribution is 6.51. The second-order valence-electron chi connectivity index (χ2n) is 7.19. The minimum Gasteiger partial charge on any atom is -0.507 e. The summed E-state index contributed by atoms with van der Waals surface area (Å²) in [4.78, 5) is 26.7. The summed E-state index contributed by atoms with van der Waals surface area (Å²) in [6, 6.07) is 9.12. The molecule has 9 heteroatoms. The van der Waals surface area contributed by atoms with Crippen LogP contribution in [0.2, 0.25) is 0 Å². The van der Waals surface area contributed by atoms with Crippen molar-refractivity contribution >= 4 is 23.1 Å². The normalized spacial score (nSPS) is 18.4. The number of hydrogen-bond acceptors (Lipinski definition) is 4. The number of aliphatic hydroxyl groups is 1. The van der Waals surface area contributed by atoms with E-state index in [1.54, 1.807) is 0 Å². The predicted molar refractivity (Wildman–Crippen MR) is 106 cm³/mol. The summed E-state index contributed by atoms with van der Waals surface area (Å²) in [6.45, 7) is 1.47. The van der Waals surface area contributed by atoms with Gasteiger partial charge in [-0.15, -0.1) is 0 Å². The maximum Gasteiger partial charge on any atom is 0.416 e. The topological polar surface area (TPSA) is 70.8 Å². The van der Waals surface area contributed by atoms with E-state index < -0.39 is 41.0 Å². The van der Waals surface area contributed by atoms with Gasteiger partial charge in [0.15, 0.2) is 0 Å². The molecule has 1 saturated heterocycles. The molecule has 5 nitrogen and oxygen atoms in total. The van der Waals surface area contributed by atoms with Crippen LogP contribution in [0.1, 0.15) is 28.5 Å². The lowest BCUT2D eigenvalue weighted by atomic mass is 9.98. The van der Waals surface area contributed by atoms with Gasteiger partial charge in [-0.05, 0) is 67.1 Å². The Labute approximate surface area is 179 Å². The van der Waals surface area contributed by atoms with Crippen molar-refractivity contribution in [2.24, 2.45) is 0 Å². The van der Waals surface area contributed by atoms with Crippen LogP contribution in [0.5, 0.6) is 0 Å². The maximum atomic E-state index is 13.7. The summed E-state index contributed by atoms with van der Waals surface area (Å²) in [5.74, 6) is -3.06. The van der Waals surface area contributed by atoms with Crippen molar-refractivity contribution in [1.29, 1.82) is 0 Å². The number of Topliss-reactive ketones (excluding diaryl/α,β-unsaturated/α-hetero) is 1. The SMILES string of the molecule is Cc1cc(/C(O)=C2/C(=O)C(=O)N(c3ccc(C(F)(F)F)cc3)C2c2ccco2)ccc1F. The summed E-state index contributed by atoms with van der Waals surface area (Å²) >= 11 is 0. The Kier molecular flexibility index (Phi) is 5.12. The number of rotatable bonds is 3. The molecule has 1 N–H and O–H groups in total. The third-order valence-corrected chi connectivity index (χ3v) is 5.16. The Morgan fingerprint density at radius 3 is 2.31 bits per heavy atom. The van der Waals surface area contributed by atoms with Crippen molar-refractivity contribution in [3.05, 3.63) is 94.7 Å². The van der Waals surface area contributed by atoms with E-state index in [1.807, 2.05) is 0 Å². The average Bonchev–Trinajstić information content (AvgIpc) is 3.36. The van der Waals surface area contributed by atoms with Gasteiger partial charge in [0.2, 0.25) is 0 Å². The highest BCUT2D eigenvalue weighted by atomic mass is 19.4. The number of halogens is 4. The molecule has 32 heavy (non-hydrogen) atoms. The lowest BCUT2D eigenvalue weighted by molar-refractivity contribution is -0.137. The molecule has 1 fully saturated rings. The van der Waals surface area contributed by atoms with E-state index >= 15 is 0 Å². The summed E-state index contributed by atoms with van der Waals surface area (Å²) in [5.41, 5.74) is -0.924. The lowest BCUT2D eigenvalue weighted by Gasteiger charge is -2.23. The first-order valence-electron chi connectivity index (χ1n) is 9.38. The first-order valence-corrected chi connectivity index (χ1v) is 9.38. The molecule has 1 aromatic heterocycles. The van der Waals surface area contributed by atoms with Crippen molar-refractivity contribution in [2.75, 3.05) is 4.90 Å². The van der Waals surface area contributed by atoms with Gasteiger partial charge in [-0.1, -0.05) is 0 Å². The lowest BCUT2D eigenvalue weighted by Crippen LogP contribution is -2.29. The molecule has 1 atom stereocenters. The number of carbonyl (C=O) groups is 2. The van der Waals surface area contributed by atoms with Crippen LogP contribution in [0.15, 0.2) is 70.9 Å². The molecule has 0 radical (unpaired) electrons. The Balaban J connectivity index is 1.88. The van der Waals surface area contributed by atoms with Crippen molar-refractivity contribution < 1.29 is 36.7 Å². The fraction of sp³-hybridized carbons (Fsp3) is 0.130. The monoisotopic (exact) mass is 445 g/mol. The van der Waals surface area contributed by atoms with Crippen LogP contribution < -0.4 is 4.90 Å². The van der Waals surface area contributed by atoms with Gasteiger partial charge in [0, 0.05) is 11.3 Å². The van der Waals surface area contributed by atoms with Crippen LogP contribution in [0.25, 0.3) is 5.76 Å². The number of anilines is 1. The van der Waals surface area contributed by atoms with Crippen molar-refractivity contribution in [2.45, 2.75) is 19.1 Å². The second kappa shape index (κ2) is 7.67. The molecule has 4 rings (SSSR count). The summed E-state index contributed by atoms with van der Waals surface area (Å²) < 4.78 is 57.8. The Bertz CT molecular complexity index is 1230. The van der Waals surface area contributed by atoms with E-state index in [9.17, 15) is 32.3 Å². The van der Waals surface area contributed by atoms with Crippen LogP contribution in [-0.2, 0) is 15.8 Å². The summed E-state index contributed by atoms with van der Waals surface area (Å²) in [6.07, 6.45) is -3.28. The van der Waals surface area contributed by atoms with Crippen molar-refractivity contribution in [1.82, 2.24) is 0 Å². The first-order chi connectivity index (χ1) is 15.1. The number of carbonyl (C=O) groups excluding carboxylic acids is 2. The molecule has 1 amide bonds. The summed E-state index contributed by atoms with van der Waals surface area (Å²) in [5, 5.41) is 10.9. The molecule has 1 aliphatic rings. The highest BCUT2D eigenvalue weighted by Gasteiger charge is 2.48. The standard InChI is InChI=1S/C23H15F4NO4/c1-12-11-13(4-9-16(12)24)20(29)18-19(17-3-2-10-32-17)28(22(31)21(18)30)15-7-5-14(6-8-15)23(25,26)27/h2-11,19,29H,1H3/b20-18-. The molecule has 2 heterocycles. The molecule has 3 aromatic rings. The smallest absolute Gasteiger partial charge is 0.416 e. The molecule has 164 valence electrons. The Morgan fingerprint density at radius 2 is 1.75 bits per heavy atom. The summed E-state index contributed by atoms with van der Waals surface area (Å²) in [7, 11) is 0. The number of amides is 1. The van der Waals surface area contributed by atoms with Crippen LogP contribution in [0.4, 0.5) is 23.2 Å². The van der Waals surface area contributed by atoms with E-state index in [2.05, 4.69) is 0 Å². The van der Waals surface area contributed by atoms with Gasteiger partial charge in [0.25, 0.3) is 11.7 Å². The number of furan rings is 1. The third-order valence-electron chi connectivity index (χ3n) is 5.16. The molecular formula is C23H15F4NO4. The van der Waals surface area contributed by atoms with Gasteiger partial charge in [0.05, 0.1) is 17.4 Å². The molecule has 0 spiro atoms. The Morgan fingerprint density at radius 1 is 1.06 bits per heavy atom. The van der Waals surface area contributed by atoms with E-state index in [0.29, 0.717) is 0 Å². The zero-order chi connectivity index (χ0) is 23.2. The number of hydrogen-bond donors (Lipinski definition) is 1. The van der Waals surface area contributed by atoms with E-state index in [1.165, 1.54) is 37.5 Å². The van der Waals surface area contributed by atoms with Gasteiger partial charge in [0.1, 0.15) is 23.4 Å². The number of alkyl halides is 3. The van der Waals surface area contributed by atoms with Gasteiger partial charge in [-0.3, -0.25) is 14.5 Å². The number of aryl methyl sites for hydroxylation is 1. The third kappa shape index (κ3) is 3.55. The number of ketones is 1. The number of benzene rings is 2. The zero-order valence-corrected chi connectivity index (χ0v) is 16.5. The van der Waals surface area contributed by atoms with E-state index in [4.69, 9.17) is 4.42 Å². The second-order valence-corrected chi connectivity index (χ2v) is 7.19. The quantitative estimate of drug-likeness (QED) is 0.255. The van der Waals surface area contributed by atoms with Crippen LogP contribution in [0, 0.1) is 12.7 Å². The minimum atomic E-state index is -4.58. The van der Waals surface area contributed by atoms with Crippen LogP contribution in [0.3, 0.4) is 0 Å². The predicted octanol–water partition coefficient (Wildman–Crippen LogP) is 5.37. The molecular weight excluding hydrogens is 430 g/mol. The van der Waals surface area contributed by atoms with Gasteiger partial charge >= 0.3 is 6.18 Å². The molecule has 2 aromatic carbocycles. The number of aliphatic hydroxyl groups excluding tert-OH is 1. The number of nitrogens with zero attached hydrogens (tertiary/aromatic N) is 1. The molecule has 0 saturated carbocycles. The fourth-order valence-electron chi connectivity index (χ4n) is 3.57. The maximum absolute atomic E-state index is 13.7. The van der Waals surface area contributed by atoms with Gasteiger partial charge in [-0.2, -0.15) is 13.2 Å². The van der Waals surface area contributed by atoms with Gasteiger partial charge in [-0.25, -0.2) is 4.39 Å². The molecule has 0 aliphatic carbocycles.